The molecule has 0 aliphatic carbocycles. The monoisotopic (exact) mass is 343 g/mol. The van der Waals surface area contributed by atoms with Crippen LogP contribution in [0.3, 0.4) is 0 Å². The number of carbonyl (C=O) groups is 2. The van der Waals surface area contributed by atoms with E-state index in [-0.39, 0.29) is 29.1 Å². The Labute approximate surface area is 140 Å². The van der Waals surface area contributed by atoms with Crippen LogP contribution in [0.15, 0.2) is 18.2 Å². The van der Waals surface area contributed by atoms with Crippen LogP contribution >= 0.6 is 23.2 Å². The number of nitrogens with zero attached hydrogens (tertiary/aromatic N) is 1. The predicted octanol–water partition coefficient (Wildman–Crippen LogP) is 3.94. The minimum atomic E-state index is -0.611. The van der Waals surface area contributed by atoms with E-state index in [1.165, 1.54) is 12.1 Å². The van der Waals surface area contributed by atoms with Crippen molar-refractivity contribution in [1.29, 1.82) is 0 Å². The summed E-state index contributed by atoms with van der Waals surface area (Å²) in [5.41, 5.74) is 0.213. The van der Waals surface area contributed by atoms with Gasteiger partial charge in [-0.1, -0.05) is 30.1 Å². The number of carbonyl (C=O) groups excluding carboxylic acids is 2. The van der Waals surface area contributed by atoms with Gasteiger partial charge >= 0.3 is 5.97 Å². The fourth-order valence-electron chi connectivity index (χ4n) is 2.70. The zero-order valence-electron chi connectivity index (χ0n) is 12.5. The first-order chi connectivity index (χ1) is 10.5. The lowest BCUT2D eigenvalue weighted by Crippen LogP contribution is -2.45. The first kappa shape index (κ1) is 17.1. The van der Waals surface area contributed by atoms with Crippen molar-refractivity contribution in [2.24, 2.45) is 0 Å². The molecule has 1 unspecified atom stereocenters. The minimum Gasteiger partial charge on any atom is -0.452 e. The van der Waals surface area contributed by atoms with Gasteiger partial charge < -0.3 is 9.64 Å². The van der Waals surface area contributed by atoms with E-state index in [2.05, 4.69) is 6.92 Å². The average molecular weight is 344 g/mol. The summed E-state index contributed by atoms with van der Waals surface area (Å²) >= 11 is 11.7. The van der Waals surface area contributed by atoms with E-state index in [4.69, 9.17) is 27.9 Å². The molecule has 120 valence electrons. The molecule has 6 heteroatoms. The molecular weight excluding hydrogens is 325 g/mol. The molecule has 1 heterocycles. The van der Waals surface area contributed by atoms with Gasteiger partial charge in [-0.2, -0.15) is 0 Å². The molecule has 2 rings (SSSR count). The van der Waals surface area contributed by atoms with E-state index >= 15 is 0 Å². The van der Waals surface area contributed by atoms with E-state index in [1.807, 2.05) is 4.90 Å². The topological polar surface area (TPSA) is 46.6 Å². The molecule has 0 spiro atoms. The van der Waals surface area contributed by atoms with Crippen molar-refractivity contribution in [2.75, 3.05) is 13.2 Å². The zero-order valence-corrected chi connectivity index (χ0v) is 14.0. The zero-order chi connectivity index (χ0) is 16.1. The number of piperidine rings is 1. The fourth-order valence-corrected chi connectivity index (χ4v) is 3.18. The maximum Gasteiger partial charge on any atom is 0.340 e. The molecule has 22 heavy (non-hydrogen) atoms. The summed E-state index contributed by atoms with van der Waals surface area (Å²) in [6.45, 7) is 2.54. The Morgan fingerprint density at radius 1 is 1.32 bits per heavy atom. The van der Waals surface area contributed by atoms with Crippen molar-refractivity contribution < 1.29 is 14.3 Å². The molecule has 1 aliphatic rings. The van der Waals surface area contributed by atoms with Gasteiger partial charge in [0.15, 0.2) is 6.61 Å². The summed E-state index contributed by atoms with van der Waals surface area (Å²) in [5.74, 6) is -0.759. The first-order valence-corrected chi connectivity index (χ1v) is 8.20. The van der Waals surface area contributed by atoms with Gasteiger partial charge in [0.1, 0.15) is 0 Å². The largest absolute Gasteiger partial charge is 0.452 e. The molecule has 0 bridgehead atoms. The van der Waals surface area contributed by atoms with Gasteiger partial charge in [0, 0.05) is 17.6 Å². The van der Waals surface area contributed by atoms with Crippen LogP contribution in [0.1, 0.15) is 43.0 Å². The third kappa shape index (κ3) is 4.14. The second kappa shape index (κ2) is 7.84. The van der Waals surface area contributed by atoms with E-state index in [1.54, 1.807) is 6.07 Å². The van der Waals surface area contributed by atoms with Crippen molar-refractivity contribution in [3.63, 3.8) is 0 Å². The summed E-state index contributed by atoms with van der Waals surface area (Å²) < 4.78 is 5.10. The summed E-state index contributed by atoms with van der Waals surface area (Å²) in [6.07, 6.45) is 4.07. The van der Waals surface area contributed by atoms with Gasteiger partial charge in [-0.15, -0.1) is 0 Å². The van der Waals surface area contributed by atoms with Gasteiger partial charge in [0.05, 0.1) is 10.6 Å². The van der Waals surface area contributed by atoms with Gasteiger partial charge in [-0.3, -0.25) is 4.79 Å². The predicted molar refractivity (Wildman–Crippen MR) is 86.4 cm³/mol. The molecule has 0 radical (unpaired) electrons. The molecule has 1 aromatic carbocycles. The number of likely N-dealkylation sites (tertiary alicyclic amines) is 1. The van der Waals surface area contributed by atoms with Crippen LogP contribution in [0.25, 0.3) is 0 Å². The molecule has 4 nitrogen and oxygen atoms in total. The van der Waals surface area contributed by atoms with Crippen molar-refractivity contribution >= 4 is 35.1 Å². The Balaban J connectivity index is 1.94. The Morgan fingerprint density at radius 2 is 2.09 bits per heavy atom. The number of hydrogen-bond acceptors (Lipinski definition) is 3. The second-order valence-electron chi connectivity index (χ2n) is 5.35. The standard InChI is InChI=1S/C16H19Cl2NO3/c1-2-12-5-3-4-8-19(12)15(20)10-22-16(21)13-7-6-11(17)9-14(13)18/h6-7,9,12H,2-5,8,10H2,1H3. The summed E-state index contributed by atoms with van der Waals surface area (Å²) in [5, 5.41) is 0.658. The van der Waals surface area contributed by atoms with Crippen LogP contribution in [0.5, 0.6) is 0 Å². The smallest absolute Gasteiger partial charge is 0.340 e. The number of ether oxygens (including phenoxy) is 1. The lowest BCUT2D eigenvalue weighted by molar-refractivity contribution is -0.138. The summed E-state index contributed by atoms with van der Waals surface area (Å²) in [6, 6.07) is 4.77. The lowest BCUT2D eigenvalue weighted by atomic mass is 10.00. The van der Waals surface area contributed by atoms with Gasteiger partial charge in [0.25, 0.3) is 5.91 Å². The third-order valence-electron chi connectivity index (χ3n) is 3.90. The molecule has 1 amide bonds. The minimum absolute atomic E-state index is 0.148. The summed E-state index contributed by atoms with van der Waals surface area (Å²) in [7, 11) is 0. The van der Waals surface area contributed by atoms with Crippen molar-refractivity contribution in [2.45, 2.75) is 38.6 Å². The quantitative estimate of drug-likeness (QED) is 0.777. The Kier molecular flexibility index (Phi) is 6.09. The average Bonchev–Trinajstić information content (AvgIpc) is 2.52. The van der Waals surface area contributed by atoms with Gasteiger partial charge in [-0.05, 0) is 43.9 Å². The van der Waals surface area contributed by atoms with Crippen molar-refractivity contribution in [3.05, 3.63) is 33.8 Å². The molecule has 1 fully saturated rings. The Morgan fingerprint density at radius 3 is 2.77 bits per heavy atom. The van der Waals surface area contributed by atoms with Crippen LogP contribution in [0.4, 0.5) is 0 Å². The number of esters is 1. The number of rotatable bonds is 4. The Hall–Kier alpha value is -1.26. The highest BCUT2D eigenvalue weighted by atomic mass is 35.5. The van der Waals surface area contributed by atoms with E-state index < -0.39 is 5.97 Å². The number of benzene rings is 1. The van der Waals surface area contributed by atoms with Gasteiger partial charge in [0.2, 0.25) is 0 Å². The molecule has 0 aromatic heterocycles. The van der Waals surface area contributed by atoms with Gasteiger partial charge in [-0.25, -0.2) is 4.79 Å². The molecule has 0 N–H and O–H groups in total. The maximum atomic E-state index is 12.2. The molecule has 1 saturated heterocycles. The number of hydrogen-bond donors (Lipinski definition) is 0. The normalized spacial score (nSPS) is 18.1. The number of amides is 1. The molecule has 1 aliphatic heterocycles. The Bertz CT molecular complexity index is 562. The molecule has 1 aromatic rings. The van der Waals surface area contributed by atoms with Crippen LogP contribution < -0.4 is 0 Å². The highest BCUT2D eigenvalue weighted by Gasteiger charge is 2.26. The third-order valence-corrected chi connectivity index (χ3v) is 4.44. The van der Waals surface area contributed by atoms with Crippen molar-refractivity contribution in [3.8, 4) is 0 Å². The van der Waals surface area contributed by atoms with Crippen LogP contribution in [0.2, 0.25) is 10.0 Å². The SMILES string of the molecule is CCC1CCCCN1C(=O)COC(=O)c1ccc(Cl)cc1Cl. The molecular formula is C16H19Cl2NO3. The van der Waals surface area contributed by atoms with Crippen LogP contribution in [0, 0.1) is 0 Å². The van der Waals surface area contributed by atoms with E-state index in [9.17, 15) is 9.59 Å². The van der Waals surface area contributed by atoms with Crippen LogP contribution in [-0.2, 0) is 9.53 Å². The highest BCUT2D eigenvalue weighted by Crippen LogP contribution is 2.22. The first-order valence-electron chi connectivity index (χ1n) is 7.44. The van der Waals surface area contributed by atoms with Crippen LogP contribution in [-0.4, -0.2) is 36.0 Å². The number of halogens is 2. The van der Waals surface area contributed by atoms with Crippen molar-refractivity contribution in [1.82, 2.24) is 4.90 Å². The molecule has 1 atom stereocenters. The maximum absolute atomic E-state index is 12.2. The highest BCUT2D eigenvalue weighted by molar-refractivity contribution is 6.36. The van der Waals surface area contributed by atoms with E-state index in [0.29, 0.717) is 5.02 Å². The fraction of sp³-hybridized carbons (Fsp3) is 0.500. The van der Waals surface area contributed by atoms with E-state index in [0.717, 1.165) is 32.2 Å². The molecule has 0 saturated carbocycles. The summed E-state index contributed by atoms with van der Waals surface area (Å²) in [4.78, 5) is 26.1. The lowest BCUT2D eigenvalue weighted by Gasteiger charge is -2.35. The second-order valence-corrected chi connectivity index (χ2v) is 6.19.